The van der Waals surface area contributed by atoms with Crippen LogP contribution in [0.15, 0.2) is 0 Å². The van der Waals surface area contributed by atoms with Gasteiger partial charge in [-0.2, -0.15) is 0 Å². The smallest absolute Gasteiger partial charge is 0.304 e. The maximum Gasteiger partial charge on any atom is 0.304 e. The molecule has 1 aliphatic heterocycles. The molecule has 3 atom stereocenters. The molecule has 4 nitrogen and oxygen atoms in total. The van der Waals surface area contributed by atoms with Crippen LogP contribution in [0.4, 0.5) is 0 Å². The van der Waals surface area contributed by atoms with Crippen LogP contribution in [0.25, 0.3) is 0 Å². The van der Waals surface area contributed by atoms with Gasteiger partial charge >= 0.3 is 5.97 Å². The number of hydrogen-bond donors (Lipinski definition) is 0. The van der Waals surface area contributed by atoms with Crippen molar-refractivity contribution < 1.29 is 19.0 Å². The fraction of sp³-hybridized carbons (Fsp3) is 0.938. The van der Waals surface area contributed by atoms with E-state index in [0.29, 0.717) is 6.42 Å². The van der Waals surface area contributed by atoms with Crippen LogP contribution in [0.2, 0.25) is 0 Å². The molecule has 0 N–H and O–H groups in total. The highest BCUT2D eigenvalue weighted by Gasteiger charge is 2.38. The summed E-state index contributed by atoms with van der Waals surface area (Å²) in [4.78, 5) is 11.1. The van der Waals surface area contributed by atoms with Gasteiger partial charge in [-0.3, -0.25) is 4.79 Å². The molecule has 0 aromatic heterocycles. The minimum Gasteiger partial charge on any atom is -0.436 e. The van der Waals surface area contributed by atoms with Crippen LogP contribution in [0.5, 0.6) is 0 Å². The van der Waals surface area contributed by atoms with Crippen molar-refractivity contribution in [3.05, 3.63) is 0 Å². The average molecular weight is 286 g/mol. The van der Waals surface area contributed by atoms with Crippen LogP contribution in [0.1, 0.15) is 73.1 Å². The predicted molar refractivity (Wildman–Crippen MR) is 78.1 cm³/mol. The first-order valence-electron chi connectivity index (χ1n) is 7.81. The summed E-state index contributed by atoms with van der Waals surface area (Å²) < 4.78 is 17.0. The summed E-state index contributed by atoms with van der Waals surface area (Å²) in [5.74, 6) is -0.297. The quantitative estimate of drug-likeness (QED) is 0.546. The molecule has 1 aliphatic rings. The molecule has 0 aromatic carbocycles. The molecule has 1 rings (SSSR count). The third-order valence-corrected chi connectivity index (χ3v) is 3.43. The fourth-order valence-electron chi connectivity index (χ4n) is 2.32. The van der Waals surface area contributed by atoms with E-state index in [-0.39, 0.29) is 23.8 Å². The minimum atomic E-state index is -0.471. The van der Waals surface area contributed by atoms with Gasteiger partial charge in [-0.1, -0.05) is 53.4 Å². The number of ether oxygens (including phenoxy) is 3. The summed E-state index contributed by atoms with van der Waals surface area (Å²) in [7, 11) is 0. The number of carbonyl (C=O) groups is 1. The molecule has 0 aromatic rings. The molecule has 20 heavy (non-hydrogen) atoms. The van der Waals surface area contributed by atoms with E-state index in [1.165, 1.54) is 26.2 Å². The molecule has 4 heteroatoms. The van der Waals surface area contributed by atoms with Crippen LogP contribution in [0, 0.1) is 5.41 Å². The summed E-state index contributed by atoms with van der Waals surface area (Å²) in [6, 6.07) is 0. The Bertz CT molecular complexity index is 295. The van der Waals surface area contributed by atoms with Crippen LogP contribution >= 0.6 is 0 Å². The topological polar surface area (TPSA) is 44.8 Å². The summed E-state index contributed by atoms with van der Waals surface area (Å²) in [6.45, 7) is 9.84. The Morgan fingerprint density at radius 2 is 1.90 bits per heavy atom. The normalized spacial score (nSPS) is 27.4. The Labute approximate surface area is 123 Å². The fourth-order valence-corrected chi connectivity index (χ4v) is 2.32. The van der Waals surface area contributed by atoms with E-state index in [0.717, 1.165) is 12.8 Å². The summed E-state index contributed by atoms with van der Waals surface area (Å²) in [5, 5.41) is 0. The van der Waals surface area contributed by atoms with Gasteiger partial charge in [0.2, 0.25) is 6.29 Å². The third kappa shape index (κ3) is 6.23. The highest BCUT2D eigenvalue weighted by Crippen LogP contribution is 2.33. The van der Waals surface area contributed by atoms with Crippen molar-refractivity contribution in [3.63, 3.8) is 0 Å². The van der Waals surface area contributed by atoms with E-state index in [9.17, 15) is 4.79 Å². The Balaban J connectivity index is 2.53. The Morgan fingerprint density at radius 3 is 2.45 bits per heavy atom. The number of unbranched alkanes of at least 4 members (excludes halogenated alkanes) is 3. The molecular formula is C16H30O4. The first kappa shape index (κ1) is 17.4. The number of hydrogen-bond acceptors (Lipinski definition) is 4. The number of esters is 1. The first-order valence-corrected chi connectivity index (χ1v) is 7.81. The summed E-state index contributed by atoms with van der Waals surface area (Å²) >= 11 is 0. The van der Waals surface area contributed by atoms with Crippen molar-refractivity contribution in [1.82, 2.24) is 0 Å². The lowest BCUT2D eigenvalue weighted by Gasteiger charge is -2.40. The highest BCUT2D eigenvalue weighted by molar-refractivity contribution is 5.66. The molecule has 0 spiro atoms. The second kappa shape index (κ2) is 7.99. The van der Waals surface area contributed by atoms with Crippen LogP contribution in [0.3, 0.4) is 0 Å². The number of rotatable bonds is 6. The van der Waals surface area contributed by atoms with Crippen molar-refractivity contribution in [2.24, 2.45) is 5.41 Å². The van der Waals surface area contributed by atoms with E-state index < -0.39 is 6.29 Å². The molecule has 1 saturated heterocycles. The van der Waals surface area contributed by atoms with Gasteiger partial charge in [0.15, 0.2) is 6.29 Å². The van der Waals surface area contributed by atoms with E-state index in [1.54, 1.807) is 0 Å². The van der Waals surface area contributed by atoms with E-state index in [1.807, 2.05) is 0 Å². The van der Waals surface area contributed by atoms with Crippen LogP contribution in [-0.2, 0) is 19.0 Å². The Hall–Kier alpha value is -0.610. The molecule has 0 unspecified atom stereocenters. The lowest BCUT2D eigenvalue weighted by atomic mass is 9.94. The lowest BCUT2D eigenvalue weighted by molar-refractivity contribution is -0.325. The van der Waals surface area contributed by atoms with Gasteiger partial charge < -0.3 is 14.2 Å². The van der Waals surface area contributed by atoms with Gasteiger partial charge in [-0.25, -0.2) is 0 Å². The Kier molecular flexibility index (Phi) is 6.96. The second-order valence-corrected chi connectivity index (χ2v) is 6.72. The van der Waals surface area contributed by atoms with Crippen molar-refractivity contribution in [2.45, 2.75) is 91.8 Å². The molecular weight excluding hydrogens is 256 g/mol. The Morgan fingerprint density at radius 1 is 1.20 bits per heavy atom. The predicted octanol–water partition coefficient (Wildman–Crippen LogP) is 4.02. The maximum atomic E-state index is 11.1. The molecule has 1 fully saturated rings. The zero-order chi connectivity index (χ0) is 15.2. The van der Waals surface area contributed by atoms with E-state index >= 15 is 0 Å². The van der Waals surface area contributed by atoms with Crippen molar-refractivity contribution in [3.8, 4) is 0 Å². The monoisotopic (exact) mass is 286 g/mol. The van der Waals surface area contributed by atoms with Crippen molar-refractivity contribution in [2.75, 3.05) is 0 Å². The third-order valence-electron chi connectivity index (χ3n) is 3.43. The maximum absolute atomic E-state index is 11.1. The largest absolute Gasteiger partial charge is 0.436 e. The molecule has 0 radical (unpaired) electrons. The van der Waals surface area contributed by atoms with Crippen molar-refractivity contribution >= 4 is 5.97 Å². The van der Waals surface area contributed by atoms with Crippen LogP contribution in [-0.4, -0.2) is 24.7 Å². The molecule has 0 amide bonds. The van der Waals surface area contributed by atoms with Gasteiger partial charge in [0.25, 0.3) is 0 Å². The van der Waals surface area contributed by atoms with E-state index in [2.05, 4.69) is 27.7 Å². The van der Waals surface area contributed by atoms with Crippen molar-refractivity contribution in [1.29, 1.82) is 0 Å². The minimum absolute atomic E-state index is 0.120. The molecule has 0 bridgehead atoms. The second-order valence-electron chi connectivity index (χ2n) is 6.72. The molecule has 0 aliphatic carbocycles. The average Bonchev–Trinajstić information content (AvgIpc) is 2.32. The number of carbonyl (C=O) groups excluding carboxylic acids is 1. The highest BCUT2D eigenvalue weighted by atomic mass is 16.8. The van der Waals surface area contributed by atoms with Gasteiger partial charge in [0.1, 0.15) is 0 Å². The lowest BCUT2D eigenvalue weighted by Crippen LogP contribution is -2.46. The van der Waals surface area contributed by atoms with Gasteiger partial charge in [-0.05, 0) is 6.42 Å². The van der Waals surface area contributed by atoms with Gasteiger partial charge in [0, 0.05) is 18.8 Å². The molecule has 118 valence electrons. The van der Waals surface area contributed by atoms with Gasteiger partial charge in [-0.15, -0.1) is 0 Å². The van der Waals surface area contributed by atoms with E-state index in [4.69, 9.17) is 14.2 Å². The standard InChI is InChI=1S/C16H30O4/c1-6-7-8-9-10-13-11-14(18-12(2)17)20-15(19-13)16(3,4)5/h13-15H,6-11H2,1-5H3/t13-,14-,15-/m0/s1. The molecule has 1 heterocycles. The molecule has 0 saturated carbocycles. The SMILES string of the molecule is CCCCCC[C@H]1C[C@@H](OC(C)=O)O[C@@H](C(C)(C)C)O1. The van der Waals surface area contributed by atoms with Gasteiger partial charge in [0.05, 0.1) is 6.10 Å². The van der Waals surface area contributed by atoms with Crippen LogP contribution < -0.4 is 0 Å². The summed E-state index contributed by atoms with van der Waals surface area (Å²) in [6.07, 6.45) is 5.85. The zero-order valence-electron chi connectivity index (χ0n) is 13.6. The first-order chi connectivity index (χ1) is 9.32. The zero-order valence-corrected chi connectivity index (χ0v) is 13.6. The summed E-state index contributed by atoms with van der Waals surface area (Å²) in [5.41, 5.74) is -0.125.